The molecule has 7 nitrogen and oxygen atoms in total. The van der Waals surface area contributed by atoms with Gasteiger partial charge in [0.2, 0.25) is 21.5 Å². The summed E-state index contributed by atoms with van der Waals surface area (Å²) in [7, 11) is -2.65. The molecule has 0 unspecified atom stereocenters. The largest absolute Gasteiger partial charge is 0.325 e. The molecule has 0 saturated heterocycles. The van der Waals surface area contributed by atoms with Gasteiger partial charge in [-0.05, 0) is 47.9 Å². The van der Waals surface area contributed by atoms with E-state index in [1.165, 1.54) is 55.6 Å². The quantitative estimate of drug-likeness (QED) is 0.696. The summed E-state index contributed by atoms with van der Waals surface area (Å²) in [6, 6.07) is 12.4. The number of aromatic amines is 1. The van der Waals surface area contributed by atoms with Crippen molar-refractivity contribution in [1.29, 1.82) is 0 Å². The first-order chi connectivity index (χ1) is 12.8. The number of likely N-dealkylation sites (N-methyl/N-ethyl adjacent to an activating group) is 1. The number of sulfonamides is 1. The van der Waals surface area contributed by atoms with Crippen molar-refractivity contribution < 1.29 is 17.6 Å². The minimum absolute atomic E-state index is 0.0110. The lowest BCUT2D eigenvalue weighted by molar-refractivity contribution is -0.116. The van der Waals surface area contributed by atoms with Gasteiger partial charge in [-0.25, -0.2) is 12.8 Å². The van der Waals surface area contributed by atoms with Crippen molar-refractivity contribution in [2.24, 2.45) is 0 Å². The van der Waals surface area contributed by atoms with Gasteiger partial charge >= 0.3 is 0 Å². The Kier molecular flexibility index (Phi) is 5.06. The van der Waals surface area contributed by atoms with Crippen LogP contribution in [0.3, 0.4) is 0 Å². The molecule has 9 heteroatoms. The number of rotatable bonds is 5. The topological polar surface area (TPSA) is 99.3 Å². The van der Waals surface area contributed by atoms with Gasteiger partial charge in [-0.1, -0.05) is 6.07 Å². The first-order valence-corrected chi connectivity index (χ1v) is 9.34. The highest BCUT2D eigenvalue weighted by Gasteiger charge is 2.23. The first-order valence-electron chi connectivity index (χ1n) is 7.90. The van der Waals surface area contributed by atoms with E-state index in [4.69, 9.17) is 0 Å². The molecule has 2 N–H and O–H groups in total. The Morgan fingerprint density at radius 1 is 1.15 bits per heavy atom. The first kappa shape index (κ1) is 18.7. The van der Waals surface area contributed by atoms with Crippen molar-refractivity contribution in [3.05, 3.63) is 70.8 Å². The fraction of sp³-hybridized carbons (Fsp3) is 0.111. The molecule has 0 aliphatic rings. The van der Waals surface area contributed by atoms with Crippen LogP contribution in [0.4, 0.5) is 10.1 Å². The maximum absolute atomic E-state index is 13.2. The number of H-pyrrole nitrogens is 1. The molecule has 27 heavy (non-hydrogen) atoms. The molecule has 0 aliphatic carbocycles. The third kappa shape index (κ3) is 4.21. The SMILES string of the molecule is CN(CC(=O)Nc1cccc(F)c1)S(=O)(=O)c1ccc2[nH]c(=O)ccc2c1. The zero-order valence-corrected chi connectivity index (χ0v) is 15.1. The van der Waals surface area contributed by atoms with Gasteiger partial charge in [0.05, 0.1) is 11.4 Å². The molecule has 0 atom stereocenters. The van der Waals surface area contributed by atoms with Crippen LogP contribution in [0.2, 0.25) is 0 Å². The van der Waals surface area contributed by atoms with E-state index < -0.39 is 28.3 Å². The monoisotopic (exact) mass is 389 g/mol. The Labute approximate surface area is 154 Å². The van der Waals surface area contributed by atoms with Crippen molar-refractivity contribution in [2.75, 3.05) is 18.9 Å². The molecule has 0 bridgehead atoms. The third-order valence-corrected chi connectivity index (χ3v) is 5.68. The van der Waals surface area contributed by atoms with E-state index in [0.717, 1.165) is 10.4 Å². The number of nitrogens with one attached hydrogen (secondary N) is 2. The molecule has 140 valence electrons. The number of anilines is 1. The Hall–Kier alpha value is -3.04. The van der Waals surface area contributed by atoms with E-state index in [-0.39, 0.29) is 16.1 Å². The molecular weight excluding hydrogens is 373 g/mol. The summed E-state index contributed by atoms with van der Waals surface area (Å²) in [5.41, 5.74) is 0.456. The Balaban J connectivity index is 1.78. The normalized spacial score (nSPS) is 11.7. The Morgan fingerprint density at radius 2 is 1.93 bits per heavy atom. The van der Waals surface area contributed by atoms with Crippen LogP contribution in [-0.4, -0.2) is 37.2 Å². The number of benzene rings is 2. The highest BCUT2D eigenvalue weighted by Crippen LogP contribution is 2.19. The van der Waals surface area contributed by atoms with E-state index in [1.54, 1.807) is 0 Å². The van der Waals surface area contributed by atoms with E-state index in [9.17, 15) is 22.4 Å². The molecule has 1 heterocycles. The maximum Gasteiger partial charge on any atom is 0.248 e. The average molecular weight is 389 g/mol. The van der Waals surface area contributed by atoms with Crippen LogP contribution in [0.15, 0.2) is 64.3 Å². The molecule has 1 aromatic heterocycles. The van der Waals surface area contributed by atoms with E-state index in [2.05, 4.69) is 10.3 Å². The molecule has 2 aromatic carbocycles. The van der Waals surface area contributed by atoms with Gasteiger partial charge < -0.3 is 10.3 Å². The number of fused-ring (bicyclic) bond motifs is 1. The number of aromatic nitrogens is 1. The molecule has 1 amide bonds. The predicted molar refractivity (Wildman–Crippen MR) is 99.4 cm³/mol. The van der Waals surface area contributed by atoms with Crippen LogP contribution in [0.25, 0.3) is 10.9 Å². The summed E-state index contributed by atoms with van der Waals surface area (Å²) < 4.78 is 39.5. The molecule has 0 aliphatic heterocycles. The summed E-state index contributed by atoms with van der Waals surface area (Å²) in [5.74, 6) is -1.11. The van der Waals surface area contributed by atoms with Crippen LogP contribution in [-0.2, 0) is 14.8 Å². The van der Waals surface area contributed by atoms with Crippen LogP contribution >= 0.6 is 0 Å². The maximum atomic E-state index is 13.2. The minimum Gasteiger partial charge on any atom is -0.325 e. The molecule has 0 saturated carbocycles. The second-order valence-electron chi connectivity index (χ2n) is 5.89. The van der Waals surface area contributed by atoms with E-state index in [1.807, 2.05) is 0 Å². The van der Waals surface area contributed by atoms with E-state index >= 15 is 0 Å². The fourth-order valence-corrected chi connectivity index (χ4v) is 3.69. The zero-order valence-electron chi connectivity index (χ0n) is 14.3. The molecule has 3 rings (SSSR count). The smallest absolute Gasteiger partial charge is 0.248 e. The lowest BCUT2D eigenvalue weighted by Gasteiger charge is -2.17. The van der Waals surface area contributed by atoms with Gasteiger partial charge in [-0.2, -0.15) is 4.31 Å². The van der Waals surface area contributed by atoms with Gasteiger partial charge in [0.15, 0.2) is 0 Å². The lowest BCUT2D eigenvalue weighted by atomic mass is 10.2. The number of amides is 1. The lowest BCUT2D eigenvalue weighted by Crippen LogP contribution is -2.35. The molecule has 3 aromatic rings. The number of carbonyl (C=O) groups is 1. The summed E-state index contributed by atoms with van der Waals surface area (Å²) in [6.07, 6.45) is 0. The van der Waals surface area contributed by atoms with Crippen LogP contribution < -0.4 is 10.9 Å². The fourth-order valence-electron chi connectivity index (χ4n) is 2.53. The van der Waals surface area contributed by atoms with Gasteiger partial charge in [0.1, 0.15) is 5.82 Å². The number of pyridine rings is 1. The molecule has 0 fully saturated rings. The van der Waals surface area contributed by atoms with Crippen molar-refractivity contribution in [3.8, 4) is 0 Å². The van der Waals surface area contributed by atoms with E-state index in [0.29, 0.717) is 10.9 Å². The molecule has 0 radical (unpaired) electrons. The average Bonchev–Trinajstić information content (AvgIpc) is 2.61. The second-order valence-corrected chi connectivity index (χ2v) is 7.94. The number of carbonyl (C=O) groups excluding carboxylic acids is 1. The third-order valence-electron chi connectivity index (χ3n) is 3.88. The highest BCUT2D eigenvalue weighted by atomic mass is 32.2. The number of nitrogens with zero attached hydrogens (tertiary/aromatic N) is 1. The van der Waals surface area contributed by atoms with Gasteiger partial charge in [0, 0.05) is 24.3 Å². The summed E-state index contributed by atoms with van der Waals surface area (Å²) in [5, 5.41) is 3.00. The van der Waals surface area contributed by atoms with Crippen LogP contribution in [0.5, 0.6) is 0 Å². The number of hydrogen-bond acceptors (Lipinski definition) is 4. The van der Waals surface area contributed by atoms with Crippen LogP contribution in [0.1, 0.15) is 0 Å². The zero-order chi connectivity index (χ0) is 19.6. The molecule has 0 spiro atoms. The van der Waals surface area contributed by atoms with Crippen molar-refractivity contribution in [3.63, 3.8) is 0 Å². The summed E-state index contributed by atoms with van der Waals surface area (Å²) >= 11 is 0. The predicted octanol–water partition coefficient (Wildman–Crippen LogP) is 1.93. The summed E-state index contributed by atoms with van der Waals surface area (Å²) in [6.45, 7) is -0.442. The van der Waals surface area contributed by atoms with Crippen molar-refractivity contribution >= 4 is 32.5 Å². The number of halogens is 1. The van der Waals surface area contributed by atoms with Crippen molar-refractivity contribution in [2.45, 2.75) is 4.90 Å². The standard InChI is InChI=1S/C18H16FN3O4S/c1-22(11-18(24)20-14-4-2-3-13(19)10-14)27(25,26)15-6-7-16-12(9-15)5-8-17(23)21-16/h2-10H,11H2,1H3,(H,20,24)(H,21,23). The van der Waals surface area contributed by atoms with Gasteiger partial charge in [-0.15, -0.1) is 0 Å². The summed E-state index contributed by atoms with van der Waals surface area (Å²) in [4.78, 5) is 26.0. The minimum atomic E-state index is -3.93. The van der Waals surface area contributed by atoms with Crippen LogP contribution in [0, 0.1) is 5.82 Å². The second kappa shape index (κ2) is 7.29. The highest BCUT2D eigenvalue weighted by molar-refractivity contribution is 7.89. The number of hydrogen-bond donors (Lipinski definition) is 2. The van der Waals surface area contributed by atoms with Gasteiger partial charge in [0.25, 0.3) is 0 Å². The van der Waals surface area contributed by atoms with Gasteiger partial charge in [-0.3, -0.25) is 9.59 Å². The van der Waals surface area contributed by atoms with Crippen molar-refractivity contribution in [1.82, 2.24) is 9.29 Å². The Bertz CT molecular complexity index is 1170. The Morgan fingerprint density at radius 3 is 2.67 bits per heavy atom. The molecular formula is C18H16FN3O4S.